The topological polar surface area (TPSA) is 78.5 Å². The van der Waals surface area contributed by atoms with Crippen molar-refractivity contribution in [2.24, 2.45) is 0 Å². The molecular formula is C16H20ClN3O3. The Hall–Kier alpha value is -2.08. The molecule has 1 aliphatic rings. The van der Waals surface area contributed by atoms with Gasteiger partial charge in [0.1, 0.15) is 12.1 Å². The van der Waals surface area contributed by atoms with E-state index in [1.165, 1.54) is 0 Å². The van der Waals surface area contributed by atoms with Gasteiger partial charge in [0.15, 0.2) is 0 Å². The second kappa shape index (κ2) is 6.58. The van der Waals surface area contributed by atoms with Crippen molar-refractivity contribution < 1.29 is 14.4 Å². The van der Waals surface area contributed by atoms with E-state index in [1.807, 2.05) is 20.8 Å². The number of imide groups is 1. The third kappa shape index (κ3) is 3.32. The van der Waals surface area contributed by atoms with Gasteiger partial charge >= 0.3 is 6.03 Å². The van der Waals surface area contributed by atoms with Gasteiger partial charge in [0.25, 0.3) is 5.91 Å². The molecule has 1 aliphatic heterocycles. The Labute approximate surface area is 140 Å². The van der Waals surface area contributed by atoms with Gasteiger partial charge in [-0.2, -0.15) is 0 Å². The van der Waals surface area contributed by atoms with Crippen LogP contribution in [0.3, 0.4) is 0 Å². The van der Waals surface area contributed by atoms with E-state index in [2.05, 4.69) is 10.6 Å². The highest BCUT2D eigenvalue weighted by atomic mass is 35.5. The van der Waals surface area contributed by atoms with Crippen LogP contribution < -0.4 is 10.6 Å². The van der Waals surface area contributed by atoms with Crippen molar-refractivity contribution in [3.8, 4) is 0 Å². The van der Waals surface area contributed by atoms with Crippen molar-refractivity contribution in [2.75, 3.05) is 6.54 Å². The molecule has 6 nitrogen and oxygen atoms in total. The number of benzene rings is 1. The molecule has 1 aromatic rings. The van der Waals surface area contributed by atoms with Crippen LogP contribution in [0.2, 0.25) is 5.02 Å². The average molecular weight is 338 g/mol. The summed E-state index contributed by atoms with van der Waals surface area (Å²) in [5.41, 5.74) is -0.505. The molecule has 23 heavy (non-hydrogen) atoms. The number of nitrogens with zero attached hydrogens (tertiary/aromatic N) is 1. The predicted molar refractivity (Wildman–Crippen MR) is 86.9 cm³/mol. The number of hydrogen-bond acceptors (Lipinski definition) is 3. The molecule has 1 saturated heterocycles. The number of carbonyl (C=O) groups is 3. The van der Waals surface area contributed by atoms with Gasteiger partial charge in [0.05, 0.1) is 0 Å². The number of carbonyl (C=O) groups excluding carboxylic acids is 3. The Kier molecular flexibility index (Phi) is 4.94. The summed E-state index contributed by atoms with van der Waals surface area (Å²) in [7, 11) is 0. The Balaban J connectivity index is 2.27. The monoisotopic (exact) mass is 337 g/mol. The number of hydrogen-bond donors (Lipinski definition) is 2. The van der Waals surface area contributed by atoms with Gasteiger partial charge in [0, 0.05) is 11.1 Å². The third-order valence-electron chi connectivity index (χ3n) is 3.79. The number of rotatable bonds is 5. The highest BCUT2D eigenvalue weighted by molar-refractivity contribution is 6.30. The lowest BCUT2D eigenvalue weighted by Gasteiger charge is -2.25. The first-order chi connectivity index (χ1) is 10.8. The van der Waals surface area contributed by atoms with Crippen molar-refractivity contribution in [1.29, 1.82) is 0 Å². The molecule has 0 saturated carbocycles. The maximum atomic E-state index is 12.8. The van der Waals surface area contributed by atoms with Crippen LogP contribution >= 0.6 is 11.6 Å². The van der Waals surface area contributed by atoms with Crippen LogP contribution in [0.1, 0.15) is 32.8 Å². The fourth-order valence-corrected chi connectivity index (χ4v) is 2.78. The van der Waals surface area contributed by atoms with Gasteiger partial charge in [-0.15, -0.1) is 0 Å². The predicted octanol–water partition coefficient (Wildman–Crippen LogP) is 2.02. The number of amides is 4. The Morgan fingerprint density at radius 2 is 1.91 bits per heavy atom. The molecule has 0 aromatic heterocycles. The molecule has 0 spiro atoms. The van der Waals surface area contributed by atoms with Crippen molar-refractivity contribution in [3.63, 3.8) is 0 Å². The number of nitrogens with one attached hydrogen (secondary N) is 2. The highest BCUT2D eigenvalue weighted by Crippen LogP contribution is 2.32. The summed E-state index contributed by atoms with van der Waals surface area (Å²) in [5, 5.41) is 5.95. The Bertz CT molecular complexity index is 630. The minimum Gasteiger partial charge on any atom is -0.352 e. The maximum Gasteiger partial charge on any atom is 0.325 e. The summed E-state index contributed by atoms with van der Waals surface area (Å²) in [6, 6.07) is 6.13. The van der Waals surface area contributed by atoms with Gasteiger partial charge in [-0.3, -0.25) is 14.5 Å². The van der Waals surface area contributed by atoms with E-state index in [-0.39, 0.29) is 18.5 Å². The van der Waals surface area contributed by atoms with Crippen molar-refractivity contribution in [2.45, 2.75) is 38.8 Å². The first-order valence-electron chi connectivity index (χ1n) is 7.49. The van der Waals surface area contributed by atoms with Crippen LogP contribution in [0.4, 0.5) is 4.79 Å². The van der Waals surface area contributed by atoms with Gasteiger partial charge < -0.3 is 10.6 Å². The number of halogens is 1. The lowest BCUT2D eigenvalue weighted by molar-refractivity contribution is -0.135. The van der Waals surface area contributed by atoms with Gasteiger partial charge in [-0.1, -0.05) is 30.7 Å². The first-order valence-corrected chi connectivity index (χ1v) is 7.87. The Morgan fingerprint density at radius 3 is 2.43 bits per heavy atom. The molecule has 0 radical (unpaired) electrons. The first kappa shape index (κ1) is 17.3. The molecule has 1 aromatic carbocycles. The minimum absolute atomic E-state index is 0.0598. The molecule has 1 fully saturated rings. The van der Waals surface area contributed by atoms with Crippen LogP contribution in [0, 0.1) is 0 Å². The standard InChI is InChI=1S/C16H20ClN3O3/c1-4-16(11-5-7-12(17)8-6-11)14(22)20(15(23)19-16)9-13(21)18-10(2)3/h5-8,10H,4,9H2,1-3H3,(H,18,21)(H,19,23)/t16-/m1/s1. The van der Waals surface area contributed by atoms with E-state index >= 15 is 0 Å². The molecule has 7 heteroatoms. The summed E-state index contributed by atoms with van der Waals surface area (Å²) >= 11 is 5.88. The maximum absolute atomic E-state index is 12.8. The fraction of sp³-hybridized carbons (Fsp3) is 0.438. The molecule has 0 aliphatic carbocycles. The lowest BCUT2D eigenvalue weighted by atomic mass is 9.87. The quantitative estimate of drug-likeness (QED) is 0.807. The average Bonchev–Trinajstić information content (AvgIpc) is 2.72. The molecule has 0 bridgehead atoms. The molecule has 0 unspecified atom stereocenters. The smallest absolute Gasteiger partial charge is 0.325 e. The molecule has 4 amide bonds. The van der Waals surface area contributed by atoms with E-state index in [9.17, 15) is 14.4 Å². The van der Waals surface area contributed by atoms with E-state index in [4.69, 9.17) is 11.6 Å². The lowest BCUT2D eigenvalue weighted by Crippen LogP contribution is -2.45. The van der Waals surface area contributed by atoms with E-state index in [0.29, 0.717) is 17.0 Å². The second-order valence-electron chi connectivity index (χ2n) is 5.81. The SMILES string of the molecule is CC[C@]1(c2ccc(Cl)cc2)NC(=O)N(CC(=O)NC(C)C)C1=O. The second-order valence-corrected chi connectivity index (χ2v) is 6.25. The highest BCUT2D eigenvalue weighted by Gasteiger charge is 2.51. The zero-order valence-corrected chi connectivity index (χ0v) is 14.1. The molecular weight excluding hydrogens is 318 g/mol. The fourth-order valence-electron chi connectivity index (χ4n) is 2.65. The summed E-state index contributed by atoms with van der Waals surface area (Å²) in [5.74, 6) is -0.794. The van der Waals surface area contributed by atoms with Crippen LogP contribution in [-0.4, -0.2) is 35.3 Å². The van der Waals surface area contributed by atoms with Crippen molar-refractivity contribution in [3.05, 3.63) is 34.9 Å². The summed E-state index contributed by atoms with van der Waals surface area (Å²) in [6.07, 6.45) is 0.376. The van der Waals surface area contributed by atoms with Crippen LogP contribution in [0.5, 0.6) is 0 Å². The third-order valence-corrected chi connectivity index (χ3v) is 4.05. The van der Waals surface area contributed by atoms with E-state index < -0.39 is 17.5 Å². The largest absolute Gasteiger partial charge is 0.352 e. The van der Waals surface area contributed by atoms with E-state index in [1.54, 1.807) is 24.3 Å². The molecule has 1 heterocycles. The normalized spacial score (nSPS) is 20.8. The summed E-state index contributed by atoms with van der Waals surface area (Å²) in [4.78, 5) is 37.8. The molecule has 2 N–H and O–H groups in total. The van der Waals surface area contributed by atoms with Crippen LogP contribution in [-0.2, 0) is 15.1 Å². The van der Waals surface area contributed by atoms with E-state index in [0.717, 1.165) is 4.90 Å². The molecule has 124 valence electrons. The molecule has 1 atom stereocenters. The minimum atomic E-state index is -1.15. The van der Waals surface area contributed by atoms with Crippen molar-refractivity contribution >= 4 is 29.4 Å². The van der Waals surface area contributed by atoms with Crippen LogP contribution in [0.25, 0.3) is 0 Å². The number of urea groups is 1. The van der Waals surface area contributed by atoms with Gasteiger partial charge in [0.2, 0.25) is 5.91 Å². The van der Waals surface area contributed by atoms with Crippen molar-refractivity contribution in [1.82, 2.24) is 15.5 Å². The Morgan fingerprint density at radius 1 is 1.30 bits per heavy atom. The zero-order chi connectivity index (χ0) is 17.2. The molecule has 2 rings (SSSR count). The summed E-state index contributed by atoms with van der Waals surface area (Å²) in [6.45, 7) is 5.14. The summed E-state index contributed by atoms with van der Waals surface area (Å²) < 4.78 is 0. The van der Waals surface area contributed by atoms with Crippen LogP contribution in [0.15, 0.2) is 24.3 Å². The zero-order valence-electron chi connectivity index (χ0n) is 13.4. The van der Waals surface area contributed by atoms with Gasteiger partial charge in [-0.25, -0.2) is 4.79 Å². The van der Waals surface area contributed by atoms with Gasteiger partial charge in [-0.05, 0) is 38.0 Å².